The molecule has 21 heavy (non-hydrogen) atoms. The molecule has 114 valence electrons. The van der Waals surface area contributed by atoms with E-state index < -0.39 is 0 Å². The van der Waals surface area contributed by atoms with Gasteiger partial charge in [0.1, 0.15) is 10.8 Å². The van der Waals surface area contributed by atoms with Crippen molar-refractivity contribution in [1.82, 2.24) is 15.5 Å². The van der Waals surface area contributed by atoms with Crippen LogP contribution in [0.3, 0.4) is 0 Å². The zero-order valence-corrected chi connectivity index (χ0v) is 13.9. The minimum atomic E-state index is 0.655. The van der Waals surface area contributed by atoms with Gasteiger partial charge in [-0.2, -0.15) is 0 Å². The van der Waals surface area contributed by atoms with Crippen LogP contribution in [0.1, 0.15) is 24.8 Å². The summed E-state index contributed by atoms with van der Waals surface area (Å²) < 4.78 is 5.36. The van der Waals surface area contributed by atoms with Gasteiger partial charge >= 0.3 is 0 Å². The van der Waals surface area contributed by atoms with E-state index in [9.17, 15) is 0 Å². The number of aryl methyl sites for hydroxylation is 1. The van der Waals surface area contributed by atoms with Crippen LogP contribution < -0.4 is 10.1 Å². The summed E-state index contributed by atoms with van der Waals surface area (Å²) in [5.74, 6) is 0.731. The van der Waals surface area contributed by atoms with E-state index in [1.807, 2.05) is 12.1 Å². The highest BCUT2D eigenvalue weighted by atomic mass is 35.5. The van der Waals surface area contributed by atoms with Crippen molar-refractivity contribution in [1.29, 1.82) is 0 Å². The molecule has 4 nitrogen and oxygen atoms in total. The minimum Gasteiger partial charge on any atom is -0.496 e. The Bertz CT molecular complexity index is 574. The zero-order valence-electron chi connectivity index (χ0n) is 12.4. The molecule has 1 aromatic carbocycles. The summed E-state index contributed by atoms with van der Waals surface area (Å²) in [6.45, 7) is 4.26. The van der Waals surface area contributed by atoms with Crippen LogP contribution in [0.15, 0.2) is 18.2 Å². The summed E-state index contributed by atoms with van der Waals surface area (Å²) >= 11 is 7.59. The zero-order chi connectivity index (χ0) is 15.1. The SMILES string of the molecule is CCCNCCCc1nnc(-c2ccc(Cl)cc2OC)s1. The van der Waals surface area contributed by atoms with Crippen LogP contribution in [0.4, 0.5) is 0 Å². The van der Waals surface area contributed by atoms with Crippen LogP contribution in [0.2, 0.25) is 5.02 Å². The Morgan fingerprint density at radius 3 is 2.90 bits per heavy atom. The van der Waals surface area contributed by atoms with E-state index in [2.05, 4.69) is 22.4 Å². The van der Waals surface area contributed by atoms with Gasteiger partial charge in [0.2, 0.25) is 0 Å². The normalized spacial score (nSPS) is 10.8. The first kappa shape index (κ1) is 16.2. The second-order valence-electron chi connectivity index (χ2n) is 4.70. The predicted octanol–water partition coefficient (Wildman–Crippen LogP) is 3.80. The Hall–Kier alpha value is -1.17. The molecule has 0 aliphatic carbocycles. The molecule has 0 saturated carbocycles. The van der Waals surface area contributed by atoms with Crippen LogP contribution in [0, 0.1) is 0 Å². The van der Waals surface area contributed by atoms with Gasteiger partial charge in [0, 0.05) is 11.4 Å². The van der Waals surface area contributed by atoms with E-state index in [4.69, 9.17) is 16.3 Å². The molecule has 0 atom stereocenters. The third-order valence-corrected chi connectivity index (χ3v) is 4.28. The third-order valence-electron chi connectivity index (χ3n) is 3.03. The average molecular weight is 326 g/mol. The smallest absolute Gasteiger partial charge is 0.151 e. The number of nitrogens with zero attached hydrogens (tertiary/aromatic N) is 2. The summed E-state index contributed by atoms with van der Waals surface area (Å²) in [7, 11) is 1.64. The first-order valence-corrected chi connectivity index (χ1v) is 8.31. The largest absolute Gasteiger partial charge is 0.496 e. The number of nitrogens with one attached hydrogen (secondary N) is 1. The van der Waals surface area contributed by atoms with E-state index in [1.165, 1.54) is 6.42 Å². The molecule has 0 spiro atoms. The van der Waals surface area contributed by atoms with Crippen molar-refractivity contribution in [2.45, 2.75) is 26.2 Å². The Morgan fingerprint density at radius 2 is 2.14 bits per heavy atom. The number of hydrogen-bond donors (Lipinski definition) is 1. The number of ether oxygens (including phenoxy) is 1. The second kappa shape index (κ2) is 8.32. The molecular weight excluding hydrogens is 306 g/mol. The molecule has 0 saturated heterocycles. The molecule has 1 aromatic heterocycles. The monoisotopic (exact) mass is 325 g/mol. The molecule has 1 N–H and O–H groups in total. The summed E-state index contributed by atoms with van der Waals surface area (Å²) in [5.41, 5.74) is 0.940. The van der Waals surface area contributed by atoms with Crippen molar-refractivity contribution >= 4 is 22.9 Å². The van der Waals surface area contributed by atoms with E-state index in [1.54, 1.807) is 24.5 Å². The third kappa shape index (κ3) is 4.66. The minimum absolute atomic E-state index is 0.655. The van der Waals surface area contributed by atoms with Gasteiger partial charge in [0.15, 0.2) is 5.01 Å². The van der Waals surface area contributed by atoms with Gasteiger partial charge in [-0.3, -0.25) is 0 Å². The predicted molar refractivity (Wildman–Crippen MR) is 88.4 cm³/mol. The van der Waals surface area contributed by atoms with Crippen LogP contribution >= 0.6 is 22.9 Å². The number of methoxy groups -OCH3 is 1. The second-order valence-corrected chi connectivity index (χ2v) is 6.20. The molecule has 0 amide bonds. The standard InChI is InChI=1S/C15H20ClN3OS/c1-3-8-17-9-4-5-14-18-19-15(21-14)12-7-6-11(16)10-13(12)20-2/h6-7,10,17H,3-5,8-9H2,1-2H3. The summed E-state index contributed by atoms with van der Waals surface area (Å²) in [4.78, 5) is 0. The molecule has 0 aliphatic rings. The fraction of sp³-hybridized carbons (Fsp3) is 0.467. The van der Waals surface area contributed by atoms with Gasteiger partial charge in [0.05, 0.1) is 12.7 Å². The molecule has 2 aromatic rings. The summed E-state index contributed by atoms with van der Waals surface area (Å²) in [6, 6.07) is 5.57. The number of aromatic nitrogens is 2. The van der Waals surface area contributed by atoms with E-state index in [0.717, 1.165) is 47.3 Å². The first-order chi connectivity index (χ1) is 10.2. The molecule has 0 radical (unpaired) electrons. The lowest BCUT2D eigenvalue weighted by Crippen LogP contribution is -2.16. The van der Waals surface area contributed by atoms with Gasteiger partial charge in [-0.25, -0.2) is 0 Å². The van der Waals surface area contributed by atoms with Crippen molar-refractivity contribution in [3.63, 3.8) is 0 Å². The summed E-state index contributed by atoms with van der Waals surface area (Å²) in [5, 5.41) is 14.5. The number of halogens is 1. The van der Waals surface area contributed by atoms with Gasteiger partial charge < -0.3 is 10.1 Å². The van der Waals surface area contributed by atoms with Crippen molar-refractivity contribution in [2.24, 2.45) is 0 Å². The highest BCUT2D eigenvalue weighted by Crippen LogP contribution is 2.34. The van der Waals surface area contributed by atoms with Gasteiger partial charge in [-0.05, 0) is 44.1 Å². The van der Waals surface area contributed by atoms with Crippen molar-refractivity contribution in [2.75, 3.05) is 20.2 Å². The van der Waals surface area contributed by atoms with Crippen LogP contribution in [-0.4, -0.2) is 30.4 Å². The lowest BCUT2D eigenvalue weighted by atomic mass is 10.2. The van der Waals surface area contributed by atoms with Crippen LogP contribution in [0.5, 0.6) is 5.75 Å². The fourth-order valence-electron chi connectivity index (χ4n) is 1.97. The van der Waals surface area contributed by atoms with E-state index >= 15 is 0 Å². The average Bonchev–Trinajstić information content (AvgIpc) is 2.95. The molecule has 6 heteroatoms. The Labute approximate surface area is 134 Å². The van der Waals surface area contributed by atoms with Gasteiger partial charge in [0.25, 0.3) is 0 Å². The number of benzene rings is 1. The Balaban J connectivity index is 1.99. The highest BCUT2D eigenvalue weighted by Gasteiger charge is 2.12. The topological polar surface area (TPSA) is 47.0 Å². The van der Waals surface area contributed by atoms with E-state index in [0.29, 0.717) is 5.02 Å². The molecular formula is C15H20ClN3OS. The highest BCUT2D eigenvalue weighted by molar-refractivity contribution is 7.14. The molecule has 0 fully saturated rings. The first-order valence-electron chi connectivity index (χ1n) is 7.11. The quantitative estimate of drug-likeness (QED) is 0.750. The maximum absolute atomic E-state index is 5.98. The van der Waals surface area contributed by atoms with Gasteiger partial charge in [-0.1, -0.05) is 29.9 Å². The van der Waals surface area contributed by atoms with Crippen LogP contribution in [0.25, 0.3) is 10.6 Å². The number of hydrogen-bond acceptors (Lipinski definition) is 5. The Kier molecular flexibility index (Phi) is 6.42. The molecule has 0 unspecified atom stereocenters. The Morgan fingerprint density at radius 1 is 1.29 bits per heavy atom. The lowest BCUT2D eigenvalue weighted by molar-refractivity contribution is 0.416. The molecule has 0 bridgehead atoms. The van der Waals surface area contributed by atoms with Gasteiger partial charge in [-0.15, -0.1) is 10.2 Å². The maximum atomic E-state index is 5.98. The molecule has 2 rings (SSSR count). The fourth-order valence-corrected chi connectivity index (χ4v) is 3.05. The molecule has 1 heterocycles. The lowest BCUT2D eigenvalue weighted by Gasteiger charge is -2.05. The number of rotatable bonds is 8. The van der Waals surface area contributed by atoms with E-state index in [-0.39, 0.29) is 0 Å². The van der Waals surface area contributed by atoms with Crippen LogP contribution in [-0.2, 0) is 6.42 Å². The maximum Gasteiger partial charge on any atom is 0.151 e. The molecule has 0 aliphatic heterocycles. The van der Waals surface area contributed by atoms with Crippen molar-refractivity contribution in [3.8, 4) is 16.3 Å². The summed E-state index contributed by atoms with van der Waals surface area (Å²) in [6.07, 6.45) is 3.19. The van der Waals surface area contributed by atoms with Crippen molar-refractivity contribution < 1.29 is 4.74 Å². The van der Waals surface area contributed by atoms with Crippen molar-refractivity contribution in [3.05, 3.63) is 28.2 Å².